The van der Waals surface area contributed by atoms with Crippen molar-refractivity contribution in [3.8, 4) is 5.69 Å². The van der Waals surface area contributed by atoms with Crippen LogP contribution in [0.1, 0.15) is 47.4 Å². The first-order valence-electron chi connectivity index (χ1n) is 8.30. The standard InChI is InChI=1S/C18H23FN4O.ClH/c1-12-9-13(2)23(22-12)16-6-5-14(10-15(16)19)17(24)21-18(11-20)7-3-4-8-18;/h5-6,9-10H,3-4,7-8,11,20H2,1-2H3,(H,21,24);1H. The second kappa shape index (κ2) is 7.54. The Hall–Kier alpha value is -1.92. The van der Waals surface area contributed by atoms with Crippen LogP contribution in [-0.2, 0) is 0 Å². The van der Waals surface area contributed by atoms with Crippen LogP contribution in [0.15, 0.2) is 24.3 Å². The van der Waals surface area contributed by atoms with Gasteiger partial charge < -0.3 is 11.1 Å². The summed E-state index contributed by atoms with van der Waals surface area (Å²) in [5, 5.41) is 7.29. The van der Waals surface area contributed by atoms with Crippen LogP contribution in [0.5, 0.6) is 0 Å². The lowest BCUT2D eigenvalue weighted by Crippen LogP contribution is -2.51. The van der Waals surface area contributed by atoms with E-state index >= 15 is 0 Å². The van der Waals surface area contributed by atoms with Crippen LogP contribution in [0.3, 0.4) is 0 Å². The number of amides is 1. The fraction of sp³-hybridized carbons (Fsp3) is 0.444. The molecule has 136 valence electrons. The Morgan fingerprint density at radius 1 is 1.32 bits per heavy atom. The summed E-state index contributed by atoms with van der Waals surface area (Å²) in [7, 11) is 0. The maximum Gasteiger partial charge on any atom is 0.251 e. The second-order valence-electron chi connectivity index (χ2n) is 6.65. The molecule has 1 aliphatic rings. The normalized spacial score (nSPS) is 15.7. The molecule has 2 aromatic rings. The first-order valence-corrected chi connectivity index (χ1v) is 8.30. The van der Waals surface area contributed by atoms with Crippen molar-refractivity contribution in [3.63, 3.8) is 0 Å². The van der Waals surface area contributed by atoms with Crippen molar-refractivity contribution in [3.05, 3.63) is 47.0 Å². The summed E-state index contributed by atoms with van der Waals surface area (Å²) in [4.78, 5) is 12.5. The Kier molecular flexibility index (Phi) is 5.85. The molecule has 25 heavy (non-hydrogen) atoms. The van der Waals surface area contributed by atoms with E-state index in [0.29, 0.717) is 17.8 Å². The number of carbonyl (C=O) groups excluding carboxylic acids is 1. The van der Waals surface area contributed by atoms with Crippen LogP contribution in [0.2, 0.25) is 0 Å². The zero-order chi connectivity index (χ0) is 17.3. The van der Waals surface area contributed by atoms with Gasteiger partial charge >= 0.3 is 0 Å². The molecule has 7 heteroatoms. The smallest absolute Gasteiger partial charge is 0.251 e. The van der Waals surface area contributed by atoms with E-state index in [-0.39, 0.29) is 23.9 Å². The van der Waals surface area contributed by atoms with Gasteiger partial charge in [-0.15, -0.1) is 12.4 Å². The van der Waals surface area contributed by atoms with E-state index in [0.717, 1.165) is 37.1 Å². The molecule has 0 radical (unpaired) electrons. The summed E-state index contributed by atoms with van der Waals surface area (Å²) >= 11 is 0. The van der Waals surface area contributed by atoms with Crippen molar-refractivity contribution in [2.45, 2.75) is 45.1 Å². The number of nitrogens with zero attached hydrogens (tertiary/aromatic N) is 2. The molecule has 0 atom stereocenters. The Morgan fingerprint density at radius 3 is 2.52 bits per heavy atom. The molecule has 1 aromatic heterocycles. The third-order valence-electron chi connectivity index (χ3n) is 4.78. The molecule has 1 heterocycles. The predicted molar refractivity (Wildman–Crippen MR) is 98.0 cm³/mol. The van der Waals surface area contributed by atoms with E-state index in [1.807, 2.05) is 19.9 Å². The van der Waals surface area contributed by atoms with Crippen molar-refractivity contribution in [1.82, 2.24) is 15.1 Å². The van der Waals surface area contributed by atoms with Gasteiger partial charge in [0.25, 0.3) is 5.91 Å². The summed E-state index contributed by atoms with van der Waals surface area (Å²) in [6.45, 7) is 4.13. The van der Waals surface area contributed by atoms with Crippen LogP contribution < -0.4 is 11.1 Å². The molecule has 1 aromatic carbocycles. The lowest BCUT2D eigenvalue weighted by molar-refractivity contribution is 0.0902. The highest BCUT2D eigenvalue weighted by Gasteiger charge is 2.34. The number of benzene rings is 1. The Labute approximate surface area is 153 Å². The number of rotatable bonds is 4. The van der Waals surface area contributed by atoms with E-state index in [4.69, 9.17) is 5.73 Å². The maximum absolute atomic E-state index is 14.5. The van der Waals surface area contributed by atoms with E-state index in [2.05, 4.69) is 10.4 Å². The van der Waals surface area contributed by atoms with Gasteiger partial charge in [0.2, 0.25) is 0 Å². The topological polar surface area (TPSA) is 72.9 Å². The van der Waals surface area contributed by atoms with Crippen molar-refractivity contribution in [1.29, 1.82) is 0 Å². The average molecular weight is 367 g/mol. The van der Waals surface area contributed by atoms with Crippen molar-refractivity contribution >= 4 is 18.3 Å². The molecule has 0 unspecified atom stereocenters. The number of hydrogen-bond donors (Lipinski definition) is 2. The molecular weight excluding hydrogens is 343 g/mol. The molecule has 0 aliphatic heterocycles. The lowest BCUT2D eigenvalue weighted by atomic mass is 9.97. The van der Waals surface area contributed by atoms with Crippen molar-refractivity contribution in [2.75, 3.05) is 6.54 Å². The number of hydrogen-bond acceptors (Lipinski definition) is 3. The minimum atomic E-state index is -0.470. The van der Waals surface area contributed by atoms with Gasteiger partial charge in [-0.05, 0) is 51.0 Å². The molecule has 5 nitrogen and oxygen atoms in total. The molecule has 0 spiro atoms. The van der Waals surface area contributed by atoms with Crippen LogP contribution in [0, 0.1) is 19.7 Å². The molecule has 0 bridgehead atoms. The lowest BCUT2D eigenvalue weighted by Gasteiger charge is -2.28. The Morgan fingerprint density at radius 2 is 2.00 bits per heavy atom. The van der Waals surface area contributed by atoms with Gasteiger partial charge in [0, 0.05) is 17.8 Å². The monoisotopic (exact) mass is 366 g/mol. The largest absolute Gasteiger partial charge is 0.345 e. The molecule has 1 fully saturated rings. The highest BCUT2D eigenvalue weighted by Crippen LogP contribution is 2.29. The van der Waals surface area contributed by atoms with Gasteiger partial charge in [-0.3, -0.25) is 4.79 Å². The highest BCUT2D eigenvalue weighted by atomic mass is 35.5. The Balaban J connectivity index is 0.00000225. The average Bonchev–Trinajstić information content (AvgIpc) is 3.14. The molecule has 0 saturated heterocycles. The van der Waals surface area contributed by atoms with Crippen molar-refractivity contribution < 1.29 is 9.18 Å². The third-order valence-corrected chi connectivity index (χ3v) is 4.78. The number of halogens is 2. The van der Waals surface area contributed by atoms with Crippen LogP contribution in [0.4, 0.5) is 4.39 Å². The fourth-order valence-corrected chi connectivity index (χ4v) is 3.44. The number of aromatic nitrogens is 2. The highest BCUT2D eigenvalue weighted by molar-refractivity contribution is 5.95. The van der Waals surface area contributed by atoms with Gasteiger partial charge in [0.1, 0.15) is 11.5 Å². The van der Waals surface area contributed by atoms with E-state index in [9.17, 15) is 9.18 Å². The fourth-order valence-electron chi connectivity index (χ4n) is 3.44. The molecule has 1 saturated carbocycles. The summed E-state index contributed by atoms with van der Waals surface area (Å²) in [6, 6.07) is 6.36. The van der Waals surface area contributed by atoms with Crippen LogP contribution in [0.25, 0.3) is 5.69 Å². The van der Waals surface area contributed by atoms with E-state index in [1.165, 1.54) is 6.07 Å². The number of aryl methyl sites for hydroxylation is 2. The summed E-state index contributed by atoms with van der Waals surface area (Å²) < 4.78 is 16.1. The minimum Gasteiger partial charge on any atom is -0.345 e. The minimum absolute atomic E-state index is 0. The van der Waals surface area contributed by atoms with E-state index < -0.39 is 5.82 Å². The van der Waals surface area contributed by atoms with Gasteiger partial charge in [0.15, 0.2) is 0 Å². The molecular formula is C18H24ClFN4O. The van der Waals surface area contributed by atoms with Gasteiger partial charge in [-0.2, -0.15) is 5.10 Å². The first-order chi connectivity index (χ1) is 11.4. The second-order valence-corrected chi connectivity index (χ2v) is 6.65. The van der Waals surface area contributed by atoms with Gasteiger partial charge in [-0.1, -0.05) is 12.8 Å². The zero-order valence-electron chi connectivity index (χ0n) is 14.5. The summed E-state index contributed by atoms with van der Waals surface area (Å²) in [5.74, 6) is -0.747. The molecule has 3 rings (SSSR count). The zero-order valence-corrected chi connectivity index (χ0v) is 15.3. The molecule has 1 aliphatic carbocycles. The SMILES string of the molecule is Cc1cc(C)n(-c2ccc(C(=O)NC3(CN)CCCC3)cc2F)n1.Cl. The third kappa shape index (κ3) is 3.85. The van der Waals surface area contributed by atoms with Gasteiger partial charge in [-0.25, -0.2) is 9.07 Å². The van der Waals surface area contributed by atoms with E-state index in [1.54, 1.807) is 16.8 Å². The Bertz CT molecular complexity index is 768. The van der Waals surface area contributed by atoms with Crippen molar-refractivity contribution in [2.24, 2.45) is 5.73 Å². The summed E-state index contributed by atoms with van der Waals surface area (Å²) in [6.07, 6.45) is 3.87. The first kappa shape index (κ1) is 19.4. The maximum atomic E-state index is 14.5. The van der Waals surface area contributed by atoms with Crippen LogP contribution in [-0.4, -0.2) is 27.8 Å². The quantitative estimate of drug-likeness (QED) is 0.873. The van der Waals surface area contributed by atoms with Crippen LogP contribution >= 0.6 is 12.4 Å². The predicted octanol–water partition coefficient (Wildman–Crippen LogP) is 3.05. The molecule has 1 amide bonds. The summed E-state index contributed by atoms with van der Waals surface area (Å²) in [5.41, 5.74) is 7.80. The van der Waals surface area contributed by atoms with Gasteiger partial charge in [0.05, 0.1) is 11.2 Å². The number of carbonyl (C=O) groups is 1. The number of nitrogens with two attached hydrogens (primary N) is 1. The molecule has 3 N–H and O–H groups in total. The number of nitrogens with one attached hydrogen (secondary N) is 1.